The van der Waals surface area contributed by atoms with E-state index < -0.39 is 0 Å². The zero-order chi connectivity index (χ0) is 7.84. The first kappa shape index (κ1) is 7.90. The second-order valence-electron chi connectivity index (χ2n) is 3.67. The number of fused-ring (bicyclic) bond motifs is 2. The zero-order valence-corrected chi connectivity index (χ0v) is 7.81. The molecule has 2 aliphatic rings. The molecule has 2 N–H and O–H groups in total. The van der Waals surface area contributed by atoms with Gasteiger partial charge in [0.25, 0.3) is 0 Å². The van der Waals surface area contributed by atoms with Crippen molar-refractivity contribution in [1.29, 1.82) is 0 Å². The lowest BCUT2D eigenvalue weighted by Crippen LogP contribution is -2.46. The Balaban J connectivity index is 2.05. The molecule has 3 heteroatoms. The Morgan fingerprint density at radius 2 is 2.27 bits per heavy atom. The molecule has 1 saturated carbocycles. The summed E-state index contributed by atoms with van der Waals surface area (Å²) in [4.78, 5) is 0. The summed E-state index contributed by atoms with van der Waals surface area (Å²) >= 11 is 1.86. The first-order valence-electron chi connectivity index (χ1n) is 4.37. The smallest absolute Gasteiger partial charge is 0.0247 e. The molecule has 0 aromatic rings. The van der Waals surface area contributed by atoms with Crippen molar-refractivity contribution < 1.29 is 0 Å². The molecular weight excluding hydrogens is 156 g/mol. The molecule has 1 heterocycles. The number of nitrogens with zero attached hydrogens (tertiary/aromatic N) is 1. The van der Waals surface area contributed by atoms with Gasteiger partial charge >= 0.3 is 0 Å². The van der Waals surface area contributed by atoms with Crippen LogP contribution in [0, 0.1) is 5.92 Å². The maximum Gasteiger partial charge on any atom is 0.0247 e. The standard InChI is InChI=1S/C8H16N2S/c1-11-10-5-8(9)6-2-3-7(10)4-6/h6-8H,2-5,9H2,1H3/t6-,7+,8-/m0/s1. The van der Waals surface area contributed by atoms with E-state index in [9.17, 15) is 0 Å². The molecule has 0 radical (unpaired) electrons. The van der Waals surface area contributed by atoms with E-state index in [0.717, 1.165) is 18.5 Å². The highest BCUT2D eigenvalue weighted by molar-refractivity contribution is 7.96. The Morgan fingerprint density at radius 1 is 1.45 bits per heavy atom. The minimum Gasteiger partial charge on any atom is -0.326 e. The van der Waals surface area contributed by atoms with Crippen LogP contribution in [0.4, 0.5) is 0 Å². The van der Waals surface area contributed by atoms with Gasteiger partial charge in [-0.25, -0.2) is 4.31 Å². The molecule has 0 aromatic carbocycles. The lowest BCUT2D eigenvalue weighted by Gasteiger charge is -2.34. The summed E-state index contributed by atoms with van der Waals surface area (Å²) in [6.45, 7) is 1.11. The summed E-state index contributed by atoms with van der Waals surface area (Å²) in [6, 6.07) is 1.29. The topological polar surface area (TPSA) is 29.3 Å². The van der Waals surface area contributed by atoms with Gasteiger partial charge in [-0.3, -0.25) is 0 Å². The fourth-order valence-corrected chi connectivity index (χ4v) is 3.18. The average Bonchev–Trinajstić information content (AvgIpc) is 2.43. The summed E-state index contributed by atoms with van der Waals surface area (Å²) < 4.78 is 2.47. The monoisotopic (exact) mass is 172 g/mol. The minimum atomic E-state index is 0.446. The molecule has 0 aromatic heterocycles. The van der Waals surface area contributed by atoms with Gasteiger partial charge in [-0.15, -0.1) is 0 Å². The third-order valence-electron chi connectivity index (χ3n) is 3.08. The highest BCUT2D eigenvalue weighted by atomic mass is 32.2. The van der Waals surface area contributed by atoms with Crippen molar-refractivity contribution >= 4 is 11.9 Å². The van der Waals surface area contributed by atoms with Gasteiger partial charge in [-0.1, -0.05) is 11.9 Å². The van der Waals surface area contributed by atoms with E-state index in [1.807, 2.05) is 11.9 Å². The SMILES string of the molecule is CSN1C[C@H](N)[C@H]2CC[C@@H]1C2. The Hall–Kier alpha value is 0.270. The number of nitrogens with two attached hydrogens (primary N) is 1. The number of piperidine rings is 1. The third kappa shape index (κ3) is 1.30. The van der Waals surface area contributed by atoms with E-state index in [1.54, 1.807) is 0 Å². The van der Waals surface area contributed by atoms with Crippen LogP contribution in [0.25, 0.3) is 0 Å². The van der Waals surface area contributed by atoms with Crippen molar-refractivity contribution in [2.45, 2.75) is 31.3 Å². The first-order chi connectivity index (χ1) is 5.31. The van der Waals surface area contributed by atoms with Crippen molar-refractivity contribution in [2.75, 3.05) is 12.8 Å². The molecule has 2 rings (SSSR count). The Morgan fingerprint density at radius 3 is 3.00 bits per heavy atom. The average molecular weight is 172 g/mol. The van der Waals surface area contributed by atoms with Crippen molar-refractivity contribution in [3.63, 3.8) is 0 Å². The fourth-order valence-electron chi connectivity index (χ4n) is 2.37. The third-order valence-corrected chi connectivity index (χ3v) is 4.00. The van der Waals surface area contributed by atoms with Gasteiger partial charge in [-0.2, -0.15) is 0 Å². The van der Waals surface area contributed by atoms with E-state index in [-0.39, 0.29) is 0 Å². The van der Waals surface area contributed by atoms with Gasteiger partial charge in [0.15, 0.2) is 0 Å². The van der Waals surface area contributed by atoms with Gasteiger partial charge in [0, 0.05) is 18.6 Å². The van der Waals surface area contributed by atoms with E-state index in [2.05, 4.69) is 10.6 Å². The second-order valence-corrected chi connectivity index (χ2v) is 4.51. The maximum atomic E-state index is 6.03. The lowest BCUT2D eigenvalue weighted by atomic mass is 9.96. The Bertz CT molecular complexity index is 151. The Kier molecular flexibility index (Phi) is 2.12. The maximum absolute atomic E-state index is 6.03. The highest BCUT2D eigenvalue weighted by Gasteiger charge is 2.38. The minimum absolute atomic E-state index is 0.446. The molecule has 2 fully saturated rings. The molecule has 1 saturated heterocycles. The van der Waals surface area contributed by atoms with E-state index in [0.29, 0.717) is 6.04 Å². The predicted molar refractivity (Wildman–Crippen MR) is 49.3 cm³/mol. The molecular formula is C8H16N2S. The van der Waals surface area contributed by atoms with Crippen LogP contribution in [0.1, 0.15) is 19.3 Å². The van der Waals surface area contributed by atoms with E-state index in [1.165, 1.54) is 19.3 Å². The first-order valence-corrected chi connectivity index (χ1v) is 5.55. The molecule has 0 spiro atoms. The molecule has 1 aliphatic heterocycles. The molecule has 1 aliphatic carbocycles. The second kappa shape index (κ2) is 2.96. The summed E-state index contributed by atoms with van der Waals surface area (Å²) in [5, 5.41) is 0. The van der Waals surface area contributed by atoms with Crippen molar-refractivity contribution in [3.8, 4) is 0 Å². The van der Waals surface area contributed by atoms with Crippen LogP contribution in [0.15, 0.2) is 0 Å². The normalized spacial score (nSPS) is 44.7. The van der Waals surface area contributed by atoms with Gasteiger partial charge in [0.1, 0.15) is 0 Å². The Labute approximate surface area is 72.6 Å². The molecule has 3 atom stereocenters. The molecule has 0 unspecified atom stereocenters. The van der Waals surface area contributed by atoms with E-state index >= 15 is 0 Å². The number of rotatable bonds is 1. The quantitative estimate of drug-likeness (QED) is 0.600. The molecule has 64 valence electrons. The van der Waals surface area contributed by atoms with Crippen LogP contribution < -0.4 is 5.73 Å². The molecule has 2 bridgehead atoms. The summed E-state index contributed by atoms with van der Waals surface area (Å²) in [5.41, 5.74) is 6.03. The van der Waals surface area contributed by atoms with Crippen LogP contribution in [-0.4, -0.2) is 29.2 Å². The predicted octanol–water partition coefficient (Wildman–Crippen LogP) is 1.08. The largest absolute Gasteiger partial charge is 0.326 e. The summed E-state index contributed by atoms with van der Waals surface area (Å²) in [6.07, 6.45) is 6.25. The van der Waals surface area contributed by atoms with Crippen LogP contribution in [-0.2, 0) is 0 Å². The highest BCUT2D eigenvalue weighted by Crippen LogP contribution is 2.38. The van der Waals surface area contributed by atoms with Gasteiger partial charge in [0.05, 0.1) is 0 Å². The van der Waals surface area contributed by atoms with Crippen LogP contribution in [0.2, 0.25) is 0 Å². The van der Waals surface area contributed by atoms with Gasteiger partial charge < -0.3 is 5.73 Å². The van der Waals surface area contributed by atoms with E-state index in [4.69, 9.17) is 5.73 Å². The number of hydrogen-bond donors (Lipinski definition) is 1. The fraction of sp³-hybridized carbons (Fsp3) is 1.00. The summed E-state index contributed by atoms with van der Waals surface area (Å²) in [7, 11) is 0. The van der Waals surface area contributed by atoms with Crippen LogP contribution in [0.3, 0.4) is 0 Å². The molecule has 2 nitrogen and oxygen atoms in total. The van der Waals surface area contributed by atoms with Gasteiger partial charge in [-0.05, 0) is 31.4 Å². The van der Waals surface area contributed by atoms with Crippen molar-refractivity contribution in [1.82, 2.24) is 4.31 Å². The van der Waals surface area contributed by atoms with Crippen molar-refractivity contribution in [2.24, 2.45) is 11.7 Å². The van der Waals surface area contributed by atoms with Gasteiger partial charge in [0.2, 0.25) is 0 Å². The molecule has 0 amide bonds. The molecule has 11 heavy (non-hydrogen) atoms. The summed E-state index contributed by atoms with van der Waals surface area (Å²) in [5.74, 6) is 0.836. The van der Waals surface area contributed by atoms with Crippen molar-refractivity contribution in [3.05, 3.63) is 0 Å². The van der Waals surface area contributed by atoms with Crippen LogP contribution in [0.5, 0.6) is 0 Å². The van der Waals surface area contributed by atoms with Crippen LogP contribution >= 0.6 is 11.9 Å². The number of hydrogen-bond acceptors (Lipinski definition) is 3. The lowest BCUT2D eigenvalue weighted by molar-refractivity contribution is 0.248. The zero-order valence-electron chi connectivity index (χ0n) is 6.99.